The molecule has 0 bridgehead atoms. The molecule has 0 saturated heterocycles. The molecule has 0 fully saturated rings. The van der Waals surface area contributed by atoms with Crippen LogP contribution in [0.25, 0.3) is 11.4 Å². The molecule has 0 aliphatic carbocycles. The fourth-order valence-corrected chi connectivity index (χ4v) is 1.22. The van der Waals surface area contributed by atoms with Crippen molar-refractivity contribution in [2.75, 3.05) is 11.5 Å². The average Bonchev–Trinajstić information content (AvgIpc) is 2.19. The summed E-state index contributed by atoms with van der Waals surface area (Å²) in [4.78, 5) is 8.22. The highest BCUT2D eigenvalue weighted by Gasteiger charge is 2.03. The van der Waals surface area contributed by atoms with Gasteiger partial charge in [0.05, 0.1) is 0 Å². The lowest BCUT2D eigenvalue weighted by atomic mass is 10.1. The summed E-state index contributed by atoms with van der Waals surface area (Å²) < 4.78 is 0. The van der Waals surface area contributed by atoms with Crippen molar-refractivity contribution in [1.29, 1.82) is 0 Å². The summed E-state index contributed by atoms with van der Waals surface area (Å²) in [6.45, 7) is 0. The Kier molecular flexibility index (Phi) is 2.02. The Balaban J connectivity index is 2.53. The van der Waals surface area contributed by atoms with Gasteiger partial charge in [-0.15, -0.1) is 0 Å². The Morgan fingerprint density at radius 2 is 1.71 bits per heavy atom. The number of rotatable bonds is 1. The Hall–Kier alpha value is -2.10. The topological polar surface area (TPSA) is 77.8 Å². The van der Waals surface area contributed by atoms with Crippen LogP contribution in [0.4, 0.5) is 11.4 Å². The molecule has 2 rings (SSSR count). The summed E-state index contributed by atoms with van der Waals surface area (Å²) in [6.07, 6.45) is 3.36. The van der Waals surface area contributed by atoms with Gasteiger partial charge >= 0.3 is 0 Å². The minimum Gasteiger partial charge on any atom is -0.399 e. The zero-order valence-electron chi connectivity index (χ0n) is 7.51. The monoisotopic (exact) mass is 186 g/mol. The first kappa shape index (κ1) is 8.50. The van der Waals surface area contributed by atoms with Gasteiger partial charge in [0.15, 0.2) is 5.82 Å². The predicted molar refractivity (Wildman–Crippen MR) is 56.3 cm³/mol. The van der Waals surface area contributed by atoms with E-state index in [-0.39, 0.29) is 0 Å². The molecule has 4 nitrogen and oxygen atoms in total. The molecule has 4 N–H and O–H groups in total. The highest BCUT2D eigenvalue weighted by atomic mass is 14.9. The largest absolute Gasteiger partial charge is 0.399 e. The first-order valence-electron chi connectivity index (χ1n) is 4.20. The highest BCUT2D eigenvalue weighted by molar-refractivity contribution is 5.74. The third kappa shape index (κ3) is 1.50. The van der Waals surface area contributed by atoms with Crippen molar-refractivity contribution in [3.05, 3.63) is 36.7 Å². The molecular formula is C10H10N4. The highest BCUT2D eigenvalue weighted by Crippen LogP contribution is 2.23. The van der Waals surface area contributed by atoms with Crippen LogP contribution in [0.2, 0.25) is 0 Å². The Morgan fingerprint density at radius 3 is 2.36 bits per heavy atom. The van der Waals surface area contributed by atoms with Crippen molar-refractivity contribution >= 4 is 11.4 Å². The van der Waals surface area contributed by atoms with Crippen LogP contribution in [0.5, 0.6) is 0 Å². The van der Waals surface area contributed by atoms with Crippen LogP contribution < -0.4 is 11.5 Å². The van der Waals surface area contributed by atoms with Gasteiger partial charge in [-0.05, 0) is 24.3 Å². The maximum absolute atomic E-state index is 5.79. The first-order chi connectivity index (χ1) is 6.77. The van der Waals surface area contributed by atoms with E-state index in [1.807, 2.05) is 6.07 Å². The molecule has 0 unspecified atom stereocenters. The Labute approximate surface area is 81.6 Å². The van der Waals surface area contributed by atoms with Gasteiger partial charge in [-0.25, -0.2) is 9.97 Å². The molecule has 70 valence electrons. The SMILES string of the molecule is Nc1ccc(-c2ncccn2)c(N)c1. The summed E-state index contributed by atoms with van der Waals surface area (Å²) in [7, 11) is 0. The predicted octanol–water partition coefficient (Wildman–Crippen LogP) is 1.31. The quantitative estimate of drug-likeness (QED) is 0.658. The maximum atomic E-state index is 5.79. The van der Waals surface area contributed by atoms with Gasteiger partial charge in [-0.2, -0.15) is 0 Å². The zero-order chi connectivity index (χ0) is 9.97. The minimum absolute atomic E-state index is 0.594. The van der Waals surface area contributed by atoms with Gasteiger partial charge < -0.3 is 11.5 Å². The van der Waals surface area contributed by atoms with Crippen molar-refractivity contribution in [3.63, 3.8) is 0 Å². The van der Waals surface area contributed by atoms with E-state index in [0.717, 1.165) is 5.56 Å². The lowest BCUT2D eigenvalue weighted by Crippen LogP contribution is -1.95. The second-order valence-electron chi connectivity index (χ2n) is 2.92. The number of nitrogens with two attached hydrogens (primary N) is 2. The summed E-state index contributed by atoms with van der Waals surface area (Å²) >= 11 is 0. The normalized spacial score (nSPS) is 10.0. The molecule has 0 saturated carbocycles. The molecule has 1 aromatic heterocycles. The average molecular weight is 186 g/mol. The van der Waals surface area contributed by atoms with E-state index in [2.05, 4.69) is 9.97 Å². The third-order valence-corrected chi connectivity index (χ3v) is 1.88. The standard InChI is InChI=1S/C10H10N4/c11-7-2-3-8(9(12)6-7)10-13-4-1-5-14-10/h1-6H,11-12H2. The maximum Gasteiger partial charge on any atom is 0.161 e. The molecule has 0 amide bonds. The number of benzene rings is 1. The fraction of sp³-hybridized carbons (Fsp3) is 0. The van der Waals surface area contributed by atoms with Crippen molar-refractivity contribution < 1.29 is 0 Å². The summed E-state index contributed by atoms with van der Waals surface area (Å²) in [5.74, 6) is 0.616. The Morgan fingerprint density at radius 1 is 1.00 bits per heavy atom. The van der Waals surface area contributed by atoms with E-state index >= 15 is 0 Å². The van der Waals surface area contributed by atoms with Crippen LogP contribution in [-0.2, 0) is 0 Å². The van der Waals surface area contributed by atoms with E-state index in [0.29, 0.717) is 17.2 Å². The van der Waals surface area contributed by atoms with Gasteiger partial charge in [0, 0.05) is 29.3 Å². The lowest BCUT2D eigenvalue weighted by Gasteiger charge is -2.04. The molecule has 14 heavy (non-hydrogen) atoms. The Bertz CT molecular complexity index is 439. The molecule has 4 heteroatoms. The van der Waals surface area contributed by atoms with Gasteiger partial charge in [-0.3, -0.25) is 0 Å². The van der Waals surface area contributed by atoms with Crippen LogP contribution >= 0.6 is 0 Å². The van der Waals surface area contributed by atoms with Crippen LogP contribution in [0.15, 0.2) is 36.7 Å². The number of nitrogen functional groups attached to an aromatic ring is 2. The smallest absolute Gasteiger partial charge is 0.161 e. The molecule has 0 spiro atoms. The molecular weight excluding hydrogens is 176 g/mol. The van der Waals surface area contributed by atoms with Gasteiger partial charge in [0.2, 0.25) is 0 Å². The summed E-state index contributed by atoms with van der Waals surface area (Å²) in [6, 6.07) is 7.06. The van der Waals surface area contributed by atoms with Crippen LogP contribution in [0, 0.1) is 0 Å². The molecule has 1 heterocycles. The van der Waals surface area contributed by atoms with Crippen molar-refractivity contribution in [3.8, 4) is 11.4 Å². The third-order valence-electron chi connectivity index (χ3n) is 1.88. The molecule has 0 aliphatic rings. The molecule has 0 radical (unpaired) electrons. The van der Waals surface area contributed by atoms with E-state index in [1.54, 1.807) is 30.6 Å². The molecule has 1 aromatic carbocycles. The van der Waals surface area contributed by atoms with Gasteiger partial charge in [0.25, 0.3) is 0 Å². The molecule has 0 aliphatic heterocycles. The van der Waals surface area contributed by atoms with Crippen LogP contribution in [0.1, 0.15) is 0 Å². The van der Waals surface area contributed by atoms with E-state index < -0.39 is 0 Å². The van der Waals surface area contributed by atoms with E-state index in [1.165, 1.54) is 0 Å². The summed E-state index contributed by atoms with van der Waals surface area (Å²) in [5, 5.41) is 0. The van der Waals surface area contributed by atoms with E-state index in [4.69, 9.17) is 11.5 Å². The van der Waals surface area contributed by atoms with Gasteiger partial charge in [-0.1, -0.05) is 0 Å². The van der Waals surface area contributed by atoms with Crippen LogP contribution in [-0.4, -0.2) is 9.97 Å². The zero-order valence-corrected chi connectivity index (χ0v) is 7.51. The fourth-order valence-electron chi connectivity index (χ4n) is 1.22. The molecule has 2 aromatic rings. The number of hydrogen-bond donors (Lipinski definition) is 2. The first-order valence-corrected chi connectivity index (χ1v) is 4.20. The lowest BCUT2D eigenvalue weighted by molar-refractivity contribution is 1.18. The second-order valence-corrected chi connectivity index (χ2v) is 2.92. The number of nitrogens with zero attached hydrogens (tertiary/aromatic N) is 2. The van der Waals surface area contributed by atoms with Gasteiger partial charge in [0.1, 0.15) is 0 Å². The van der Waals surface area contributed by atoms with Crippen LogP contribution in [0.3, 0.4) is 0 Å². The second kappa shape index (κ2) is 3.33. The number of anilines is 2. The number of hydrogen-bond acceptors (Lipinski definition) is 4. The van der Waals surface area contributed by atoms with Crippen molar-refractivity contribution in [1.82, 2.24) is 9.97 Å². The minimum atomic E-state index is 0.594. The van der Waals surface area contributed by atoms with E-state index in [9.17, 15) is 0 Å². The number of aromatic nitrogens is 2. The van der Waals surface area contributed by atoms with Crippen molar-refractivity contribution in [2.24, 2.45) is 0 Å². The van der Waals surface area contributed by atoms with Crippen molar-refractivity contribution in [2.45, 2.75) is 0 Å². The molecule has 0 atom stereocenters. The summed E-state index contributed by atoms with van der Waals surface area (Å²) in [5.41, 5.74) is 13.4.